The van der Waals surface area contributed by atoms with E-state index in [2.05, 4.69) is 21.3 Å². The van der Waals surface area contributed by atoms with Gasteiger partial charge in [0.2, 0.25) is 5.95 Å². The average Bonchev–Trinajstić information content (AvgIpc) is 3.12. The van der Waals surface area contributed by atoms with Gasteiger partial charge >= 0.3 is 0 Å². The van der Waals surface area contributed by atoms with Gasteiger partial charge in [-0.05, 0) is 24.6 Å². The molecule has 1 aliphatic heterocycles. The number of hydrogen-bond acceptors (Lipinski definition) is 5. The quantitative estimate of drug-likeness (QED) is 0.632. The molecule has 0 bridgehead atoms. The molecule has 6 nitrogen and oxygen atoms in total. The second kappa shape index (κ2) is 7.20. The van der Waals surface area contributed by atoms with Crippen LogP contribution in [0, 0.1) is 17.3 Å². The van der Waals surface area contributed by atoms with Crippen molar-refractivity contribution < 1.29 is 13.2 Å². The summed E-state index contributed by atoms with van der Waals surface area (Å²) in [6.45, 7) is -0.252. The molecule has 9 heteroatoms. The van der Waals surface area contributed by atoms with Crippen molar-refractivity contribution in [1.82, 2.24) is 19.7 Å². The van der Waals surface area contributed by atoms with Gasteiger partial charge in [0.15, 0.2) is 0 Å². The molecular weight excluding hydrogens is 381 g/mol. The first-order chi connectivity index (χ1) is 13.9. The zero-order chi connectivity index (χ0) is 20.6. The Hall–Kier alpha value is -3.41. The lowest BCUT2D eigenvalue weighted by Gasteiger charge is -2.40. The van der Waals surface area contributed by atoms with Crippen LogP contribution in [-0.4, -0.2) is 38.8 Å². The average molecular weight is 398 g/mol. The van der Waals surface area contributed by atoms with Gasteiger partial charge in [0.05, 0.1) is 23.7 Å². The first-order valence-corrected chi connectivity index (χ1v) is 9.02. The summed E-state index contributed by atoms with van der Waals surface area (Å²) in [6.07, 6.45) is 2.89. The highest BCUT2D eigenvalue weighted by Crippen LogP contribution is 2.43. The zero-order valence-electron chi connectivity index (χ0n) is 15.6. The van der Waals surface area contributed by atoms with Crippen molar-refractivity contribution in [2.45, 2.75) is 18.3 Å². The van der Waals surface area contributed by atoms with Crippen molar-refractivity contribution in [1.29, 1.82) is 5.26 Å². The number of hydrogen-bond donors (Lipinski definition) is 0. The van der Waals surface area contributed by atoms with Crippen LogP contribution in [0.3, 0.4) is 0 Å². The van der Waals surface area contributed by atoms with Gasteiger partial charge < -0.3 is 9.47 Å². The van der Waals surface area contributed by atoms with Crippen LogP contribution < -0.4 is 4.90 Å². The number of rotatable bonds is 3. The maximum atomic E-state index is 15.1. The SMILES string of the molecule is Cn1cnnc1C1CCN(c2c(C#N)cccc2-c2ccc(F)nc2)CC1(F)F. The third kappa shape index (κ3) is 3.42. The molecule has 0 spiro atoms. The lowest BCUT2D eigenvalue weighted by molar-refractivity contribution is -0.0365. The Morgan fingerprint density at radius 2 is 2.07 bits per heavy atom. The molecule has 29 heavy (non-hydrogen) atoms. The van der Waals surface area contributed by atoms with Gasteiger partial charge in [0, 0.05) is 30.9 Å². The van der Waals surface area contributed by atoms with E-state index in [9.17, 15) is 9.65 Å². The first-order valence-electron chi connectivity index (χ1n) is 9.02. The van der Waals surface area contributed by atoms with Crippen LogP contribution in [0.4, 0.5) is 18.9 Å². The number of pyridine rings is 1. The number of para-hydroxylation sites is 1. The largest absolute Gasteiger partial charge is 0.364 e. The minimum atomic E-state index is -3.07. The van der Waals surface area contributed by atoms with E-state index in [1.807, 2.05) is 0 Å². The van der Waals surface area contributed by atoms with Crippen LogP contribution in [-0.2, 0) is 7.05 Å². The number of benzene rings is 1. The molecule has 3 heterocycles. The van der Waals surface area contributed by atoms with E-state index in [1.165, 1.54) is 34.1 Å². The third-order valence-electron chi connectivity index (χ3n) is 5.17. The van der Waals surface area contributed by atoms with Crippen LogP contribution in [0.5, 0.6) is 0 Å². The van der Waals surface area contributed by atoms with E-state index in [0.29, 0.717) is 23.4 Å². The van der Waals surface area contributed by atoms with E-state index in [4.69, 9.17) is 0 Å². The highest BCUT2D eigenvalue weighted by Gasteiger charge is 2.48. The third-order valence-corrected chi connectivity index (χ3v) is 5.17. The van der Waals surface area contributed by atoms with Gasteiger partial charge in [-0.3, -0.25) is 0 Å². The van der Waals surface area contributed by atoms with Crippen LogP contribution in [0.2, 0.25) is 0 Å². The molecule has 2 aromatic heterocycles. The number of anilines is 1. The van der Waals surface area contributed by atoms with E-state index in [0.717, 1.165) is 0 Å². The molecule has 0 N–H and O–H groups in total. The van der Waals surface area contributed by atoms with E-state index >= 15 is 8.78 Å². The second-order valence-corrected chi connectivity index (χ2v) is 7.01. The predicted octanol–water partition coefficient (Wildman–Crippen LogP) is 3.52. The molecule has 0 amide bonds. The molecule has 0 radical (unpaired) electrons. The Morgan fingerprint density at radius 1 is 1.24 bits per heavy atom. The summed E-state index contributed by atoms with van der Waals surface area (Å²) in [5.41, 5.74) is 1.79. The van der Waals surface area contributed by atoms with Crippen molar-refractivity contribution in [2.75, 3.05) is 18.0 Å². The topological polar surface area (TPSA) is 70.6 Å². The van der Waals surface area contributed by atoms with Crippen molar-refractivity contribution in [3.05, 3.63) is 60.2 Å². The van der Waals surface area contributed by atoms with E-state index < -0.39 is 24.3 Å². The highest BCUT2D eigenvalue weighted by atomic mass is 19.3. The molecule has 1 aliphatic rings. The van der Waals surface area contributed by atoms with Crippen LogP contribution in [0.15, 0.2) is 42.9 Å². The molecule has 4 rings (SSSR count). The number of aryl methyl sites for hydroxylation is 1. The minimum absolute atomic E-state index is 0.153. The molecule has 1 saturated heterocycles. The Bertz CT molecular complexity index is 1070. The zero-order valence-corrected chi connectivity index (χ0v) is 15.6. The van der Waals surface area contributed by atoms with E-state index in [1.54, 1.807) is 25.2 Å². The van der Waals surface area contributed by atoms with Crippen molar-refractivity contribution in [3.63, 3.8) is 0 Å². The molecule has 1 unspecified atom stereocenters. The lowest BCUT2D eigenvalue weighted by atomic mass is 9.90. The minimum Gasteiger partial charge on any atom is -0.364 e. The summed E-state index contributed by atoms with van der Waals surface area (Å²) >= 11 is 0. The Kier molecular flexibility index (Phi) is 4.70. The molecule has 0 saturated carbocycles. The summed E-state index contributed by atoms with van der Waals surface area (Å²) in [5, 5.41) is 17.1. The lowest BCUT2D eigenvalue weighted by Crippen LogP contribution is -2.48. The Labute approximate surface area is 165 Å². The van der Waals surface area contributed by atoms with Gasteiger partial charge in [-0.15, -0.1) is 10.2 Å². The molecular formula is C20H17F3N6. The standard InChI is InChI=1S/C20H17F3N6/c1-28-12-26-27-19(28)16-7-8-29(11-20(16,22)23)18-13(9-24)3-2-4-15(18)14-5-6-17(21)25-10-14/h2-6,10,12,16H,7-8,11H2,1H3. The summed E-state index contributed by atoms with van der Waals surface area (Å²) in [7, 11) is 1.64. The van der Waals surface area contributed by atoms with Crippen LogP contribution >= 0.6 is 0 Å². The number of nitrogens with zero attached hydrogens (tertiary/aromatic N) is 6. The second-order valence-electron chi connectivity index (χ2n) is 7.01. The number of piperidine rings is 1. The molecule has 3 aromatic rings. The number of nitriles is 1. The number of alkyl halides is 2. The number of aromatic nitrogens is 4. The van der Waals surface area contributed by atoms with Crippen molar-refractivity contribution >= 4 is 5.69 Å². The fraction of sp³-hybridized carbons (Fsp3) is 0.300. The van der Waals surface area contributed by atoms with Crippen molar-refractivity contribution in [2.24, 2.45) is 7.05 Å². The summed E-state index contributed by atoms with van der Waals surface area (Å²) in [4.78, 5) is 5.17. The van der Waals surface area contributed by atoms with Crippen LogP contribution in [0.25, 0.3) is 11.1 Å². The fourth-order valence-electron chi connectivity index (χ4n) is 3.80. The maximum Gasteiger partial charge on any atom is 0.275 e. The highest BCUT2D eigenvalue weighted by molar-refractivity contribution is 5.82. The van der Waals surface area contributed by atoms with Gasteiger partial charge in [-0.1, -0.05) is 12.1 Å². The van der Waals surface area contributed by atoms with Gasteiger partial charge in [-0.25, -0.2) is 13.8 Å². The fourth-order valence-corrected chi connectivity index (χ4v) is 3.80. The summed E-state index contributed by atoms with van der Waals surface area (Å²) in [5.74, 6) is -4.52. The van der Waals surface area contributed by atoms with Gasteiger partial charge in [-0.2, -0.15) is 9.65 Å². The molecule has 148 valence electrons. The first kappa shape index (κ1) is 18.9. The van der Waals surface area contributed by atoms with E-state index in [-0.39, 0.29) is 17.8 Å². The van der Waals surface area contributed by atoms with Gasteiger partial charge in [0.25, 0.3) is 5.92 Å². The van der Waals surface area contributed by atoms with Gasteiger partial charge in [0.1, 0.15) is 18.2 Å². The Balaban J connectivity index is 1.73. The normalized spacial score (nSPS) is 18.4. The summed E-state index contributed by atoms with van der Waals surface area (Å²) < 4.78 is 44.9. The summed E-state index contributed by atoms with van der Waals surface area (Å²) in [6, 6.07) is 9.78. The maximum absolute atomic E-state index is 15.1. The number of halogens is 3. The monoisotopic (exact) mass is 398 g/mol. The van der Waals surface area contributed by atoms with Crippen molar-refractivity contribution in [3.8, 4) is 17.2 Å². The molecule has 1 atom stereocenters. The van der Waals surface area contributed by atoms with Crippen LogP contribution in [0.1, 0.15) is 23.7 Å². The predicted molar refractivity (Wildman–Crippen MR) is 99.9 cm³/mol. The Morgan fingerprint density at radius 3 is 2.69 bits per heavy atom. The molecule has 1 aromatic carbocycles. The molecule has 0 aliphatic carbocycles. The molecule has 1 fully saturated rings. The smallest absolute Gasteiger partial charge is 0.275 e.